The quantitative estimate of drug-likeness (QED) is 0.736. The molecule has 0 N–H and O–H groups in total. The molecule has 0 bridgehead atoms. The number of hydrogen-bond donors (Lipinski definition) is 0. The van der Waals surface area contributed by atoms with E-state index in [1.165, 1.54) is 11.3 Å². The second-order valence-corrected chi connectivity index (χ2v) is 4.31. The molecule has 17 heavy (non-hydrogen) atoms. The van der Waals surface area contributed by atoms with Gasteiger partial charge in [0.15, 0.2) is 0 Å². The summed E-state index contributed by atoms with van der Waals surface area (Å²) in [6.07, 6.45) is 0. The van der Waals surface area contributed by atoms with Crippen LogP contribution in [0, 0.1) is 6.92 Å². The Balaban J connectivity index is 2.06. The van der Waals surface area contributed by atoms with Crippen LogP contribution in [0.25, 0.3) is 0 Å². The maximum Gasteiger partial charge on any atom is 0.143 e. The van der Waals surface area contributed by atoms with Crippen LogP contribution in [-0.2, 0) is 0 Å². The van der Waals surface area contributed by atoms with Crippen molar-refractivity contribution in [2.45, 2.75) is 6.92 Å². The van der Waals surface area contributed by atoms with Crippen LogP contribution in [0.5, 0.6) is 5.75 Å². The first-order valence-electron chi connectivity index (χ1n) is 5.90. The SMILES string of the molecule is Cc1ccc2c(c1)OCCN2c1ccccc1. The molecule has 0 radical (unpaired) electrons. The molecule has 0 saturated carbocycles. The topological polar surface area (TPSA) is 12.5 Å². The first-order valence-corrected chi connectivity index (χ1v) is 5.90. The van der Waals surface area contributed by atoms with Gasteiger partial charge < -0.3 is 9.64 Å². The molecular weight excluding hydrogens is 210 g/mol. The van der Waals surface area contributed by atoms with Crippen molar-refractivity contribution >= 4 is 11.4 Å². The molecule has 0 unspecified atom stereocenters. The van der Waals surface area contributed by atoms with Crippen molar-refractivity contribution in [2.24, 2.45) is 0 Å². The molecule has 0 atom stereocenters. The van der Waals surface area contributed by atoms with Gasteiger partial charge in [0, 0.05) is 5.69 Å². The summed E-state index contributed by atoms with van der Waals surface area (Å²) in [5, 5.41) is 0. The third kappa shape index (κ3) is 1.86. The van der Waals surface area contributed by atoms with Crippen molar-refractivity contribution in [3.05, 3.63) is 54.1 Å². The summed E-state index contributed by atoms with van der Waals surface area (Å²) >= 11 is 0. The lowest BCUT2D eigenvalue weighted by Gasteiger charge is -2.31. The molecule has 1 heterocycles. The second kappa shape index (κ2) is 4.13. The van der Waals surface area contributed by atoms with Gasteiger partial charge in [-0.3, -0.25) is 0 Å². The highest BCUT2D eigenvalue weighted by Gasteiger charge is 2.18. The van der Waals surface area contributed by atoms with Gasteiger partial charge in [-0.15, -0.1) is 0 Å². The van der Waals surface area contributed by atoms with Crippen LogP contribution in [0.15, 0.2) is 48.5 Å². The first-order chi connectivity index (χ1) is 8.34. The van der Waals surface area contributed by atoms with E-state index in [-0.39, 0.29) is 0 Å². The summed E-state index contributed by atoms with van der Waals surface area (Å²) in [6, 6.07) is 16.8. The highest BCUT2D eigenvalue weighted by molar-refractivity contribution is 5.70. The molecule has 0 aromatic heterocycles. The highest BCUT2D eigenvalue weighted by atomic mass is 16.5. The van der Waals surface area contributed by atoms with Crippen LogP contribution in [0.2, 0.25) is 0 Å². The van der Waals surface area contributed by atoms with Gasteiger partial charge in [-0.1, -0.05) is 24.3 Å². The lowest BCUT2D eigenvalue weighted by Crippen LogP contribution is -2.28. The van der Waals surface area contributed by atoms with Crippen LogP contribution in [0.1, 0.15) is 5.56 Å². The molecule has 0 saturated heterocycles. The summed E-state index contributed by atoms with van der Waals surface area (Å²) in [6.45, 7) is 3.73. The molecule has 0 fully saturated rings. The molecule has 3 rings (SSSR count). The predicted molar refractivity (Wildman–Crippen MR) is 70.1 cm³/mol. The van der Waals surface area contributed by atoms with Gasteiger partial charge in [-0.2, -0.15) is 0 Å². The minimum absolute atomic E-state index is 0.741. The summed E-state index contributed by atoms with van der Waals surface area (Å²) < 4.78 is 5.71. The number of nitrogens with zero attached hydrogens (tertiary/aromatic N) is 1. The Morgan fingerprint density at radius 3 is 2.71 bits per heavy atom. The van der Waals surface area contributed by atoms with Gasteiger partial charge in [-0.25, -0.2) is 0 Å². The maximum absolute atomic E-state index is 5.71. The van der Waals surface area contributed by atoms with Crippen LogP contribution < -0.4 is 9.64 Å². The summed E-state index contributed by atoms with van der Waals surface area (Å²) in [7, 11) is 0. The lowest BCUT2D eigenvalue weighted by molar-refractivity contribution is 0.314. The Labute approximate surface area is 101 Å². The van der Waals surface area contributed by atoms with E-state index in [1.807, 2.05) is 6.07 Å². The van der Waals surface area contributed by atoms with E-state index in [1.54, 1.807) is 0 Å². The Morgan fingerprint density at radius 2 is 1.88 bits per heavy atom. The van der Waals surface area contributed by atoms with Crippen molar-refractivity contribution in [3.63, 3.8) is 0 Å². The summed E-state index contributed by atoms with van der Waals surface area (Å²) in [5.41, 5.74) is 3.62. The van der Waals surface area contributed by atoms with Gasteiger partial charge in [-0.05, 0) is 36.8 Å². The largest absolute Gasteiger partial charge is 0.490 e. The zero-order valence-electron chi connectivity index (χ0n) is 9.89. The zero-order valence-corrected chi connectivity index (χ0v) is 9.89. The molecule has 1 aliphatic heterocycles. The fourth-order valence-electron chi connectivity index (χ4n) is 2.20. The second-order valence-electron chi connectivity index (χ2n) is 4.31. The molecule has 0 amide bonds. The standard InChI is InChI=1S/C15H15NO/c1-12-7-8-14-15(11-12)17-10-9-16(14)13-5-3-2-4-6-13/h2-8,11H,9-10H2,1H3. The van der Waals surface area contributed by atoms with Crippen molar-refractivity contribution < 1.29 is 4.74 Å². The van der Waals surface area contributed by atoms with E-state index in [4.69, 9.17) is 4.74 Å². The van der Waals surface area contributed by atoms with Crippen LogP contribution >= 0.6 is 0 Å². The van der Waals surface area contributed by atoms with E-state index in [0.29, 0.717) is 0 Å². The van der Waals surface area contributed by atoms with Gasteiger partial charge in [0.05, 0.1) is 12.2 Å². The molecular formula is C15H15NO. The highest BCUT2D eigenvalue weighted by Crippen LogP contribution is 2.36. The molecule has 2 nitrogen and oxygen atoms in total. The number of rotatable bonds is 1. The Kier molecular flexibility index (Phi) is 2.48. The predicted octanol–water partition coefficient (Wildman–Crippen LogP) is 3.53. The van der Waals surface area contributed by atoms with Crippen LogP contribution in [0.4, 0.5) is 11.4 Å². The Bertz CT molecular complexity index is 522. The van der Waals surface area contributed by atoms with Crippen molar-refractivity contribution in [1.29, 1.82) is 0 Å². The number of hydrogen-bond acceptors (Lipinski definition) is 2. The number of aryl methyl sites for hydroxylation is 1. The third-order valence-electron chi connectivity index (χ3n) is 3.05. The van der Waals surface area contributed by atoms with Crippen LogP contribution in [0.3, 0.4) is 0 Å². The molecule has 2 aromatic rings. The average Bonchev–Trinajstić information content (AvgIpc) is 2.39. The fraction of sp³-hybridized carbons (Fsp3) is 0.200. The third-order valence-corrected chi connectivity index (χ3v) is 3.05. The van der Waals surface area contributed by atoms with Gasteiger partial charge in [0.2, 0.25) is 0 Å². The summed E-state index contributed by atoms with van der Waals surface area (Å²) in [4.78, 5) is 2.30. The number of para-hydroxylation sites is 1. The van der Waals surface area contributed by atoms with Crippen molar-refractivity contribution in [2.75, 3.05) is 18.1 Å². The zero-order chi connectivity index (χ0) is 11.7. The number of ether oxygens (including phenoxy) is 1. The monoisotopic (exact) mass is 225 g/mol. The minimum Gasteiger partial charge on any atom is -0.490 e. The molecule has 1 aliphatic rings. The average molecular weight is 225 g/mol. The molecule has 86 valence electrons. The molecule has 0 aliphatic carbocycles. The van der Waals surface area contributed by atoms with E-state index in [9.17, 15) is 0 Å². The number of anilines is 2. The van der Waals surface area contributed by atoms with Gasteiger partial charge in [0.25, 0.3) is 0 Å². The number of fused-ring (bicyclic) bond motifs is 1. The van der Waals surface area contributed by atoms with Crippen molar-refractivity contribution in [1.82, 2.24) is 0 Å². The first kappa shape index (κ1) is 10.2. The Hall–Kier alpha value is -1.96. The maximum atomic E-state index is 5.71. The lowest BCUT2D eigenvalue weighted by atomic mass is 10.1. The van der Waals surface area contributed by atoms with Gasteiger partial charge >= 0.3 is 0 Å². The molecule has 2 aromatic carbocycles. The molecule has 0 spiro atoms. The van der Waals surface area contributed by atoms with E-state index in [0.717, 1.165) is 24.6 Å². The number of benzene rings is 2. The smallest absolute Gasteiger partial charge is 0.143 e. The van der Waals surface area contributed by atoms with E-state index >= 15 is 0 Å². The van der Waals surface area contributed by atoms with Crippen molar-refractivity contribution in [3.8, 4) is 5.75 Å². The minimum atomic E-state index is 0.741. The van der Waals surface area contributed by atoms with E-state index < -0.39 is 0 Å². The van der Waals surface area contributed by atoms with Crippen LogP contribution in [-0.4, -0.2) is 13.2 Å². The Morgan fingerprint density at radius 1 is 1.06 bits per heavy atom. The van der Waals surface area contributed by atoms with Gasteiger partial charge in [0.1, 0.15) is 12.4 Å². The fourth-order valence-corrected chi connectivity index (χ4v) is 2.20. The molecule has 2 heteroatoms. The summed E-state index contributed by atoms with van der Waals surface area (Å²) in [5.74, 6) is 0.986. The normalized spacial score (nSPS) is 14.1. The van der Waals surface area contributed by atoms with E-state index in [2.05, 4.69) is 54.3 Å².